The van der Waals surface area contributed by atoms with Crippen molar-refractivity contribution in [2.75, 3.05) is 13.6 Å². The molecule has 2 heterocycles. The zero-order chi connectivity index (χ0) is 8.55. The van der Waals surface area contributed by atoms with Gasteiger partial charge in [0, 0.05) is 25.0 Å². The van der Waals surface area contributed by atoms with Gasteiger partial charge in [-0.25, -0.2) is 0 Å². The molecule has 2 aliphatic heterocycles. The number of carbonyl (C=O) groups excluding carboxylic acids is 1. The minimum atomic E-state index is 0.370. The molecule has 2 rings (SSSR count). The van der Waals surface area contributed by atoms with Crippen LogP contribution in [-0.4, -0.2) is 36.5 Å². The summed E-state index contributed by atoms with van der Waals surface area (Å²) in [6.07, 6.45) is 4.14. The summed E-state index contributed by atoms with van der Waals surface area (Å²) in [5, 5.41) is 3.29. The van der Waals surface area contributed by atoms with Crippen LogP contribution in [0.2, 0.25) is 0 Å². The number of piperidine rings is 1. The summed E-state index contributed by atoms with van der Waals surface area (Å²) in [4.78, 5) is 13.4. The van der Waals surface area contributed by atoms with E-state index in [0.29, 0.717) is 18.0 Å². The van der Waals surface area contributed by atoms with Crippen LogP contribution in [0.5, 0.6) is 0 Å². The molecule has 0 bridgehead atoms. The Morgan fingerprint density at radius 1 is 1.50 bits per heavy atom. The smallest absolute Gasteiger partial charge is 0.222 e. The summed E-state index contributed by atoms with van der Waals surface area (Å²) in [5.74, 6) is 0.370. The molecule has 3 heteroatoms. The van der Waals surface area contributed by atoms with E-state index in [1.807, 2.05) is 7.05 Å². The Morgan fingerprint density at radius 2 is 2.33 bits per heavy atom. The molecular weight excluding hydrogens is 152 g/mol. The lowest BCUT2D eigenvalue weighted by atomic mass is 9.98. The van der Waals surface area contributed by atoms with Crippen LogP contribution in [0.3, 0.4) is 0 Å². The van der Waals surface area contributed by atoms with Gasteiger partial charge < -0.3 is 10.2 Å². The molecule has 0 aliphatic carbocycles. The normalized spacial score (nSPS) is 35.4. The van der Waals surface area contributed by atoms with Crippen LogP contribution in [0.4, 0.5) is 0 Å². The fourth-order valence-corrected chi connectivity index (χ4v) is 2.35. The highest BCUT2D eigenvalue weighted by molar-refractivity contribution is 5.78. The van der Waals surface area contributed by atoms with Crippen LogP contribution in [0.25, 0.3) is 0 Å². The lowest BCUT2D eigenvalue weighted by molar-refractivity contribution is -0.130. The number of nitrogens with zero attached hydrogens (tertiary/aromatic N) is 1. The molecule has 2 fully saturated rings. The second kappa shape index (κ2) is 3.05. The molecule has 3 nitrogen and oxygen atoms in total. The van der Waals surface area contributed by atoms with Gasteiger partial charge in [-0.1, -0.05) is 0 Å². The molecule has 0 saturated carbocycles. The van der Waals surface area contributed by atoms with Gasteiger partial charge in [0.25, 0.3) is 0 Å². The number of carbonyl (C=O) groups is 1. The third-order valence-corrected chi connectivity index (χ3v) is 3.14. The van der Waals surface area contributed by atoms with Gasteiger partial charge in [-0.3, -0.25) is 4.79 Å². The molecule has 0 radical (unpaired) electrons. The number of fused-ring (bicyclic) bond motifs is 1. The molecule has 0 aromatic rings. The van der Waals surface area contributed by atoms with Crippen LogP contribution in [-0.2, 0) is 4.79 Å². The number of nitrogens with one attached hydrogen (secondary N) is 1. The Kier molecular flexibility index (Phi) is 2.05. The molecule has 0 aromatic carbocycles. The quantitative estimate of drug-likeness (QED) is 0.613. The van der Waals surface area contributed by atoms with Crippen LogP contribution >= 0.6 is 0 Å². The maximum atomic E-state index is 11.3. The van der Waals surface area contributed by atoms with Crippen LogP contribution in [0.15, 0.2) is 0 Å². The Hall–Kier alpha value is -0.570. The van der Waals surface area contributed by atoms with Crippen LogP contribution in [0.1, 0.15) is 25.7 Å². The lowest BCUT2D eigenvalue weighted by Gasteiger charge is -2.34. The van der Waals surface area contributed by atoms with Crippen molar-refractivity contribution in [1.82, 2.24) is 10.2 Å². The van der Waals surface area contributed by atoms with Crippen molar-refractivity contribution >= 4 is 5.91 Å². The van der Waals surface area contributed by atoms with Crippen molar-refractivity contribution in [1.29, 1.82) is 0 Å². The number of hydrogen-bond acceptors (Lipinski definition) is 2. The van der Waals surface area contributed by atoms with Crippen LogP contribution < -0.4 is 5.32 Å². The zero-order valence-electron chi connectivity index (χ0n) is 7.55. The first-order chi connectivity index (χ1) is 5.81. The molecular formula is C9H16N2O. The Bertz CT molecular complexity index is 193. The highest BCUT2D eigenvalue weighted by Gasteiger charge is 2.35. The minimum absolute atomic E-state index is 0.370. The SMILES string of the molecule is CNC1CCN2C(=O)CCC2C1. The standard InChI is InChI=1S/C9H16N2O/c1-10-7-4-5-11-8(6-7)2-3-9(11)12/h7-8,10H,2-6H2,1H3. The summed E-state index contributed by atoms with van der Waals surface area (Å²) < 4.78 is 0. The van der Waals surface area contributed by atoms with Gasteiger partial charge >= 0.3 is 0 Å². The average Bonchev–Trinajstić information content (AvgIpc) is 2.47. The van der Waals surface area contributed by atoms with E-state index in [4.69, 9.17) is 0 Å². The van der Waals surface area contributed by atoms with Crippen molar-refractivity contribution < 1.29 is 4.79 Å². The van der Waals surface area contributed by atoms with Crippen molar-refractivity contribution in [2.24, 2.45) is 0 Å². The first-order valence-electron chi connectivity index (χ1n) is 4.78. The Morgan fingerprint density at radius 3 is 3.08 bits per heavy atom. The third kappa shape index (κ3) is 1.22. The molecule has 2 unspecified atom stereocenters. The lowest BCUT2D eigenvalue weighted by Crippen LogP contribution is -2.46. The average molecular weight is 168 g/mol. The number of hydrogen-bond donors (Lipinski definition) is 1. The molecule has 0 aromatic heterocycles. The minimum Gasteiger partial charge on any atom is -0.340 e. The maximum Gasteiger partial charge on any atom is 0.222 e. The second-order valence-corrected chi connectivity index (χ2v) is 3.79. The predicted molar refractivity (Wildman–Crippen MR) is 46.8 cm³/mol. The van der Waals surface area contributed by atoms with Gasteiger partial charge in [0.15, 0.2) is 0 Å². The van der Waals surface area contributed by atoms with Crippen LogP contribution in [0, 0.1) is 0 Å². The molecule has 0 spiro atoms. The third-order valence-electron chi connectivity index (χ3n) is 3.14. The summed E-state index contributed by atoms with van der Waals surface area (Å²) >= 11 is 0. The van der Waals surface area contributed by atoms with Gasteiger partial charge in [-0.05, 0) is 26.3 Å². The van der Waals surface area contributed by atoms with E-state index in [0.717, 1.165) is 32.2 Å². The summed E-state index contributed by atoms with van der Waals surface area (Å²) in [6.45, 7) is 0.967. The van der Waals surface area contributed by atoms with E-state index in [1.165, 1.54) is 0 Å². The van der Waals surface area contributed by atoms with E-state index in [1.54, 1.807) is 0 Å². The summed E-state index contributed by atoms with van der Waals surface area (Å²) in [6, 6.07) is 1.18. The zero-order valence-corrected chi connectivity index (χ0v) is 7.55. The fourth-order valence-electron chi connectivity index (χ4n) is 2.35. The van der Waals surface area contributed by atoms with E-state index in [9.17, 15) is 4.79 Å². The van der Waals surface area contributed by atoms with Crippen molar-refractivity contribution in [3.8, 4) is 0 Å². The van der Waals surface area contributed by atoms with Gasteiger partial charge in [-0.2, -0.15) is 0 Å². The highest BCUT2D eigenvalue weighted by Crippen LogP contribution is 2.27. The molecule has 12 heavy (non-hydrogen) atoms. The van der Waals surface area contributed by atoms with Gasteiger partial charge in [0.05, 0.1) is 0 Å². The summed E-state index contributed by atoms with van der Waals surface area (Å²) in [7, 11) is 2.01. The van der Waals surface area contributed by atoms with Crippen molar-refractivity contribution in [2.45, 2.75) is 37.8 Å². The largest absolute Gasteiger partial charge is 0.340 e. The Balaban J connectivity index is 1.99. The highest BCUT2D eigenvalue weighted by atomic mass is 16.2. The van der Waals surface area contributed by atoms with E-state index in [2.05, 4.69) is 10.2 Å². The van der Waals surface area contributed by atoms with Crippen molar-refractivity contribution in [3.63, 3.8) is 0 Å². The van der Waals surface area contributed by atoms with E-state index >= 15 is 0 Å². The monoisotopic (exact) mass is 168 g/mol. The molecule has 1 N–H and O–H groups in total. The molecule has 68 valence electrons. The first-order valence-corrected chi connectivity index (χ1v) is 4.78. The topological polar surface area (TPSA) is 32.3 Å². The number of amides is 1. The fraction of sp³-hybridized carbons (Fsp3) is 0.889. The predicted octanol–water partition coefficient (Wildman–Crippen LogP) is 0.359. The number of rotatable bonds is 1. The molecule has 2 aliphatic rings. The van der Waals surface area contributed by atoms with Gasteiger partial charge in [0.1, 0.15) is 0 Å². The van der Waals surface area contributed by atoms with Gasteiger partial charge in [-0.15, -0.1) is 0 Å². The Labute approximate surface area is 73.1 Å². The summed E-state index contributed by atoms with van der Waals surface area (Å²) in [5.41, 5.74) is 0. The molecule has 2 atom stereocenters. The maximum absolute atomic E-state index is 11.3. The van der Waals surface area contributed by atoms with Crippen molar-refractivity contribution in [3.05, 3.63) is 0 Å². The van der Waals surface area contributed by atoms with E-state index < -0.39 is 0 Å². The first kappa shape index (κ1) is 8.05. The molecule has 1 amide bonds. The van der Waals surface area contributed by atoms with E-state index in [-0.39, 0.29) is 0 Å². The van der Waals surface area contributed by atoms with Gasteiger partial charge in [0.2, 0.25) is 5.91 Å². The molecule has 2 saturated heterocycles. The second-order valence-electron chi connectivity index (χ2n) is 3.79.